The van der Waals surface area contributed by atoms with Gasteiger partial charge >= 0.3 is 0 Å². The van der Waals surface area contributed by atoms with Crippen LogP contribution in [-0.2, 0) is 11.3 Å². The fourth-order valence-electron chi connectivity index (χ4n) is 1.73. The van der Waals surface area contributed by atoms with Crippen molar-refractivity contribution in [1.29, 1.82) is 0 Å². The van der Waals surface area contributed by atoms with Crippen molar-refractivity contribution < 1.29 is 9.53 Å². The van der Waals surface area contributed by atoms with Gasteiger partial charge < -0.3 is 9.64 Å². The minimum Gasteiger partial charge on any atom is -0.383 e. The van der Waals surface area contributed by atoms with Crippen LogP contribution < -0.4 is 0 Å². The molecule has 1 aliphatic rings. The molecule has 0 saturated heterocycles. The fourth-order valence-corrected chi connectivity index (χ4v) is 2.23. The highest BCUT2D eigenvalue weighted by atomic mass is 79.9. The summed E-state index contributed by atoms with van der Waals surface area (Å²) in [6, 6.07) is 5.72. The topological polar surface area (TPSA) is 29.5 Å². The van der Waals surface area contributed by atoms with Crippen LogP contribution in [0.5, 0.6) is 0 Å². The van der Waals surface area contributed by atoms with Crippen LogP contribution >= 0.6 is 15.9 Å². The lowest BCUT2D eigenvalue weighted by molar-refractivity contribution is 0.0719. The lowest BCUT2D eigenvalue weighted by atomic mass is 10.1. The number of amides is 1. The Morgan fingerprint density at radius 1 is 1.53 bits per heavy atom. The summed E-state index contributed by atoms with van der Waals surface area (Å²) in [4.78, 5) is 13.7. The van der Waals surface area contributed by atoms with Crippen molar-refractivity contribution >= 4 is 21.8 Å². The van der Waals surface area contributed by atoms with Crippen LogP contribution in [0.4, 0.5) is 0 Å². The third kappa shape index (κ3) is 1.92. The van der Waals surface area contributed by atoms with E-state index < -0.39 is 0 Å². The largest absolute Gasteiger partial charge is 0.383 e. The fraction of sp³-hybridized carbons (Fsp3) is 0.364. The summed E-state index contributed by atoms with van der Waals surface area (Å²) in [6.45, 7) is 1.91. The standard InChI is InChI=1S/C11H12BrNO2/c1-15-6-5-13-7-9-8(11(13)14)3-2-4-10(9)12/h2-4H,5-7H2,1H3. The molecule has 0 atom stereocenters. The molecule has 0 aliphatic carbocycles. The second kappa shape index (κ2) is 4.33. The van der Waals surface area contributed by atoms with Crippen LogP contribution in [0.2, 0.25) is 0 Å². The quantitative estimate of drug-likeness (QED) is 0.841. The summed E-state index contributed by atoms with van der Waals surface area (Å²) >= 11 is 3.46. The van der Waals surface area contributed by atoms with Crippen molar-refractivity contribution in [3.05, 3.63) is 33.8 Å². The number of benzene rings is 1. The number of carbonyl (C=O) groups excluding carboxylic acids is 1. The van der Waals surface area contributed by atoms with Gasteiger partial charge in [-0.3, -0.25) is 4.79 Å². The van der Waals surface area contributed by atoms with Gasteiger partial charge in [-0.25, -0.2) is 0 Å². The predicted molar refractivity (Wildman–Crippen MR) is 60.8 cm³/mol. The van der Waals surface area contributed by atoms with E-state index in [1.165, 1.54) is 0 Å². The molecule has 1 amide bonds. The molecule has 0 saturated carbocycles. The van der Waals surface area contributed by atoms with Gasteiger partial charge in [0.1, 0.15) is 0 Å². The maximum atomic E-state index is 11.9. The molecule has 1 aromatic rings. The van der Waals surface area contributed by atoms with Crippen LogP contribution in [0, 0.1) is 0 Å². The lowest BCUT2D eigenvalue weighted by Gasteiger charge is -2.14. The van der Waals surface area contributed by atoms with Gasteiger partial charge in [-0.15, -0.1) is 0 Å². The highest BCUT2D eigenvalue weighted by Crippen LogP contribution is 2.28. The lowest BCUT2D eigenvalue weighted by Crippen LogP contribution is -2.27. The summed E-state index contributed by atoms with van der Waals surface area (Å²) in [5.74, 6) is 0.100. The molecule has 0 N–H and O–H groups in total. The summed E-state index contributed by atoms with van der Waals surface area (Å²) in [6.07, 6.45) is 0. The van der Waals surface area contributed by atoms with Crippen LogP contribution in [-0.4, -0.2) is 31.1 Å². The summed E-state index contributed by atoms with van der Waals surface area (Å²) in [7, 11) is 1.64. The van der Waals surface area contributed by atoms with Crippen molar-refractivity contribution in [3.8, 4) is 0 Å². The van der Waals surface area contributed by atoms with E-state index in [1.807, 2.05) is 18.2 Å². The molecule has 4 heteroatoms. The zero-order valence-electron chi connectivity index (χ0n) is 8.50. The average Bonchev–Trinajstić information content (AvgIpc) is 2.55. The number of rotatable bonds is 3. The minimum atomic E-state index is 0.100. The van der Waals surface area contributed by atoms with Gasteiger partial charge in [0.25, 0.3) is 5.91 Å². The number of nitrogens with zero attached hydrogens (tertiary/aromatic N) is 1. The Balaban J connectivity index is 2.22. The third-order valence-electron chi connectivity index (χ3n) is 2.55. The van der Waals surface area contributed by atoms with Gasteiger partial charge in [0, 0.05) is 30.2 Å². The Labute approximate surface area is 97.2 Å². The van der Waals surface area contributed by atoms with E-state index in [0.717, 1.165) is 15.6 Å². The number of methoxy groups -OCH3 is 1. The number of halogens is 1. The van der Waals surface area contributed by atoms with Crippen molar-refractivity contribution in [1.82, 2.24) is 4.90 Å². The zero-order chi connectivity index (χ0) is 10.8. The van der Waals surface area contributed by atoms with Gasteiger partial charge in [-0.05, 0) is 17.7 Å². The number of fused-ring (bicyclic) bond motifs is 1. The normalized spacial score (nSPS) is 14.5. The molecule has 15 heavy (non-hydrogen) atoms. The van der Waals surface area contributed by atoms with Gasteiger partial charge in [-0.1, -0.05) is 22.0 Å². The highest BCUT2D eigenvalue weighted by Gasteiger charge is 2.27. The van der Waals surface area contributed by atoms with Crippen LogP contribution in [0.15, 0.2) is 22.7 Å². The molecule has 0 spiro atoms. The minimum absolute atomic E-state index is 0.100. The van der Waals surface area contributed by atoms with Crippen LogP contribution in [0.25, 0.3) is 0 Å². The van der Waals surface area contributed by atoms with E-state index in [-0.39, 0.29) is 5.91 Å². The number of carbonyl (C=O) groups is 1. The Kier molecular flexibility index (Phi) is 3.07. The molecule has 1 aromatic carbocycles. The van der Waals surface area contributed by atoms with Crippen molar-refractivity contribution in [2.75, 3.05) is 20.3 Å². The summed E-state index contributed by atoms with van der Waals surface area (Å²) in [5, 5.41) is 0. The summed E-state index contributed by atoms with van der Waals surface area (Å²) < 4.78 is 5.98. The second-order valence-electron chi connectivity index (χ2n) is 3.49. The van der Waals surface area contributed by atoms with Crippen molar-refractivity contribution in [2.45, 2.75) is 6.54 Å². The number of ether oxygens (including phenoxy) is 1. The molecule has 0 radical (unpaired) electrons. The molecule has 0 unspecified atom stereocenters. The first-order valence-electron chi connectivity index (χ1n) is 4.79. The van der Waals surface area contributed by atoms with Crippen LogP contribution in [0.3, 0.4) is 0 Å². The van der Waals surface area contributed by atoms with E-state index in [9.17, 15) is 4.79 Å². The molecule has 0 bridgehead atoms. The SMILES string of the molecule is COCCN1Cc2c(Br)cccc2C1=O. The van der Waals surface area contributed by atoms with Gasteiger partial charge in [-0.2, -0.15) is 0 Å². The first-order chi connectivity index (χ1) is 7.24. The molecular formula is C11H12BrNO2. The molecule has 80 valence electrons. The average molecular weight is 270 g/mol. The molecule has 2 rings (SSSR count). The first-order valence-corrected chi connectivity index (χ1v) is 5.59. The maximum absolute atomic E-state index is 11.9. The molecule has 0 aromatic heterocycles. The van der Waals surface area contributed by atoms with Crippen molar-refractivity contribution in [2.24, 2.45) is 0 Å². The first kappa shape index (κ1) is 10.6. The summed E-state index contributed by atoms with van der Waals surface area (Å²) in [5.41, 5.74) is 1.89. The van der Waals surface area contributed by atoms with E-state index in [2.05, 4.69) is 15.9 Å². The maximum Gasteiger partial charge on any atom is 0.254 e. The monoisotopic (exact) mass is 269 g/mol. The van der Waals surface area contributed by atoms with Gasteiger partial charge in [0.15, 0.2) is 0 Å². The molecule has 1 heterocycles. The number of hydrogen-bond acceptors (Lipinski definition) is 2. The Morgan fingerprint density at radius 3 is 3.00 bits per heavy atom. The molecule has 3 nitrogen and oxygen atoms in total. The highest BCUT2D eigenvalue weighted by molar-refractivity contribution is 9.10. The predicted octanol–water partition coefficient (Wildman–Crippen LogP) is 2.05. The smallest absolute Gasteiger partial charge is 0.254 e. The molecule has 0 fully saturated rings. The Morgan fingerprint density at radius 2 is 2.33 bits per heavy atom. The van der Waals surface area contributed by atoms with E-state index in [4.69, 9.17) is 4.74 Å². The van der Waals surface area contributed by atoms with E-state index in [1.54, 1.807) is 12.0 Å². The third-order valence-corrected chi connectivity index (χ3v) is 3.29. The Bertz CT molecular complexity index is 392. The molecule has 1 aliphatic heterocycles. The zero-order valence-corrected chi connectivity index (χ0v) is 10.1. The van der Waals surface area contributed by atoms with E-state index >= 15 is 0 Å². The van der Waals surface area contributed by atoms with E-state index in [0.29, 0.717) is 19.7 Å². The molecular weight excluding hydrogens is 258 g/mol. The van der Waals surface area contributed by atoms with Gasteiger partial charge in [0.2, 0.25) is 0 Å². The number of hydrogen-bond donors (Lipinski definition) is 0. The van der Waals surface area contributed by atoms with Crippen LogP contribution in [0.1, 0.15) is 15.9 Å². The second-order valence-corrected chi connectivity index (χ2v) is 4.34. The van der Waals surface area contributed by atoms with Crippen molar-refractivity contribution in [3.63, 3.8) is 0 Å². The van der Waals surface area contributed by atoms with Gasteiger partial charge in [0.05, 0.1) is 6.61 Å². The Hall–Kier alpha value is -0.870.